The van der Waals surface area contributed by atoms with Crippen molar-refractivity contribution in [2.75, 3.05) is 11.9 Å². The third-order valence-corrected chi connectivity index (χ3v) is 3.61. The van der Waals surface area contributed by atoms with E-state index in [4.69, 9.17) is 5.11 Å². The minimum Gasteiger partial charge on any atom is -0.480 e. The van der Waals surface area contributed by atoms with E-state index in [9.17, 15) is 9.18 Å². The van der Waals surface area contributed by atoms with E-state index in [0.717, 1.165) is 35.1 Å². The summed E-state index contributed by atoms with van der Waals surface area (Å²) in [4.78, 5) is 14.8. The molecule has 1 aromatic carbocycles. The molecule has 0 aliphatic rings. The Morgan fingerprint density at radius 2 is 2.12 bits per heavy atom. The summed E-state index contributed by atoms with van der Waals surface area (Å²) in [6.45, 7) is 3.80. The molecule has 2 rings (SSSR count). The molecule has 126 valence electrons. The number of pyridine rings is 1. The minimum atomic E-state index is -0.939. The highest BCUT2D eigenvalue weighted by molar-refractivity contribution is 5.81. The first-order chi connectivity index (χ1) is 11.5. The highest BCUT2D eigenvalue weighted by Gasteiger charge is 2.09. The third kappa shape index (κ3) is 4.65. The van der Waals surface area contributed by atoms with Gasteiger partial charge in [0.15, 0.2) is 0 Å². The van der Waals surface area contributed by atoms with E-state index in [1.165, 1.54) is 12.1 Å². The summed E-state index contributed by atoms with van der Waals surface area (Å²) < 4.78 is 13.4. The predicted octanol–water partition coefficient (Wildman–Crippen LogP) is 4.26. The maximum Gasteiger partial charge on any atom is 0.322 e. The first kappa shape index (κ1) is 17.7. The molecule has 24 heavy (non-hydrogen) atoms. The lowest BCUT2D eigenvalue weighted by Gasteiger charge is -2.12. The predicted molar refractivity (Wildman–Crippen MR) is 93.5 cm³/mol. The van der Waals surface area contributed by atoms with E-state index in [1.54, 1.807) is 18.3 Å². The van der Waals surface area contributed by atoms with Crippen LogP contribution in [0.15, 0.2) is 42.6 Å². The fraction of sp³-hybridized carbons (Fsp3) is 0.263. The van der Waals surface area contributed by atoms with Gasteiger partial charge in [-0.15, -0.1) is 0 Å². The minimum absolute atomic E-state index is 0.179. The molecule has 4 nitrogen and oxygen atoms in total. The van der Waals surface area contributed by atoms with Crippen LogP contribution in [-0.4, -0.2) is 22.6 Å². The quantitative estimate of drug-likeness (QED) is 0.797. The van der Waals surface area contributed by atoms with Crippen molar-refractivity contribution < 1.29 is 14.3 Å². The number of allylic oxidation sites excluding steroid dienone is 1. The van der Waals surface area contributed by atoms with Crippen molar-refractivity contribution in [3.63, 3.8) is 0 Å². The molecule has 0 aliphatic carbocycles. The number of aromatic nitrogens is 1. The molecule has 0 fully saturated rings. The average Bonchev–Trinajstić information content (AvgIpc) is 2.55. The van der Waals surface area contributed by atoms with E-state index in [-0.39, 0.29) is 12.4 Å². The molecular formula is C19H21FN2O2. The van der Waals surface area contributed by atoms with Gasteiger partial charge in [0.25, 0.3) is 0 Å². The largest absolute Gasteiger partial charge is 0.480 e. The van der Waals surface area contributed by atoms with Gasteiger partial charge < -0.3 is 10.4 Å². The molecule has 1 aromatic heterocycles. The van der Waals surface area contributed by atoms with Crippen LogP contribution in [0.25, 0.3) is 5.57 Å². The van der Waals surface area contributed by atoms with Crippen LogP contribution in [0.4, 0.5) is 10.2 Å². The Hall–Kier alpha value is -2.69. The number of carboxylic acid groups (broad SMARTS) is 1. The van der Waals surface area contributed by atoms with Crippen LogP contribution in [0, 0.1) is 12.7 Å². The van der Waals surface area contributed by atoms with E-state index >= 15 is 0 Å². The maximum atomic E-state index is 13.4. The van der Waals surface area contributed by atoms with Crippen LogP contribution in [0.1, 0.15) is 36.5 Å². The molecule has 2 aromatic rings. The summed E-state index contributed by atoms with van der Waals surface area (Å²) in [5.41, 5.74) is 3.76. The van der Waals surface area contributed by atoms with Gasteiger partial charge in [-0.25, -0.2) is 9.37 Å². The first-order valence-electron chi connectivity index (χ1n) is 7.90. The molecule has 2 N–H and O–H groups in total. The molecular weight excluding hydrogens is 307 g/mol. The summed E-state index contributed by atoms with van der Waals surface area (Å²) in [7, 11) is 0. The van der Waals surface area contributed by atoms with Crippen molar-refractivity contribution in [2.24, 2.45) is 0 Å². The molecule has 0 amide bonds. The van der Waals surface area contributed by atoms with E-state index in [0.29, 0.717) is 5.82 Å². The van der Waals surface area contributed by atoms with Gasteiger partial charge in [0.2, 0.25) is 0 Å². The Balaban J connectivity index is 2.33. The number of hydrogen-bond donors (Lipinski definition) is 2. The summed E-state index contributed by atoms with van der Waals surface area (Å²) in [5, 5.41) is 11.4. The molecule has 0 aliphatic heterocycles. The normalized spacial score (nSPS) is 11.4. The van der Waals surface area contributed by atoms with Crippen molar-refractivity contribution in [1.82, 2.24) is 4.98 Å². The van der Waals surface area contributed by atoms with Gasteiger partial charge in [-0.2, -0.15) is 0 Å². The van der Waals surface area contributed by atoms with Crippen molar-refractivity contribution in [2.45, 2.75) is 26.7 Å². The topological polar surface area (TPSA) is 62.2 Å². The number of unbranched alkanes of at least 4 members (excludes halogenated alkanes) is 1. The van der Waals surface area contributed by atoms with Crippen molar-refractivity contribution in [3.8, 4) is 0 Å². The first-order valence-corrected chi connectivity index (χ1v) is 7.90. The lowest BCUT2D eigenvalue weighted by atomic mass is 9.94. The van der Waals surface area contributed by atoms with Gasteiger partial charge in [-0.1, -0.05) is 25.5 Å². The van der Waals surface area contributed by atoms with Crippen LogP contribution < -0.4 is 5.32 Å². The molecule has 5 heteroatoms. The zero-order valence-electron chi connectivity index (χ0n) is 13.8. The zero-order chi connectivity index (χ0) is 17.5. The van der Waals surface area contributed by atoms with Gasteiger partial charge in [-0.3, -0.25) is 4.79 Å². The Morgan fingerprint density at radius 3 is 2.71 bits per heavy atom. The lowest BCUT2D eigenvalue weighted by molar-refractivity contribution is -0.134. The van der Waals surface area contributed by atoms with Gasteiger partial charge in [0.1, 0.15) is 18.2 Å². The number of benzene rings is 1. The molecule has 1 heterocycles. The summed E-state index contributed by atoms with van der Waals surface area (Å²) in [6, 6.07) is 8.39. The monoisotopic (exact) mass is 328 g/mol. The summed E-state index contributed by atoms with van der Waals surface area (Å²) in [5.74, 6) is -0.685. The SMILES string of the molecule is CCCC=C(c1ccc(NCC(=O)O)nc1)c1ccc(F)cc1C. The summed E-state index contributed by atoms with van der Waals surface area (Å²) >= 11 is 0. The number of aryl methyl sites for hydroxylation is 1. The van der Waals surface area contributed by atoms with Crippen LogP contribution in [0.2, 0.25) is 0 Å². The smallest absolute Gasteiger partial charge is 0.322 e. The van der Waals surface area contributed by atoms with Crippen molar-refractivity contribution in [1.29, 1.82) is 0 Å². The van der Waals surface area contributed by atoms with Crippen molar-refractivity contribution >= 4 is 17.4 Å². The molecule has 0 bridgehead atoms. The Bertz CT molecular complexity index is 740. The van der Waals surface area contributed by atoms with E-state index < -0.39 is 5.97 Å². The lowest BCUT2D eigenvalue weighted by Crippen LogP contribution is -2.13. The molecule has 0 unspecified atom stereocenters. The second kappa shape index (κ2) is 8.24. The fourth-order valence-electron chi connectivity index (χ4n) is 2.43. The second-order valence-corrected chi connectivity index (χ2v) is 5.55. The van der Waals surface area contributed by atoms with Crippen molar-refractivity contribution in [3.05, 3.63) is 65.1 Å². The highest BCUT2D eigenvalue weighted by Crippen LogP contribution is 2.27. The average molecular weight is 328 g/mol. The van der Waals surface area contributed by atoms with Gasteiger partial charge in [0, 0.05) is 11.8 Å². The van der Waals surface area contributed by atoms with Gasteiger partial charge >= 0.3 is 5.97 Å². The standard InChI is InChI=1S/C19H21FN2O2/c1-3-4-5-17(16-8-7-15(20)10-13(16)2)14-6-9-18(21-11-14)22-12-19(23)24/h5-11H,3-4,12H2,1-2H3,(H,21,22)(H,23,24). The molecule has 0 atom stereocenters. The van der Waals surface area contributed by atoms with Crippen LogP contribution in [0.5, 0.6) is 0 Å². The van der Waals surface area contributed by atoms with Crippen LogP contribution >= 0.6 is 0 Å². The number of halogens is 1. The van der Waals surface area contributed by atoms with Crippen LogP contribution in [0.3, 0.4) is 0 Å². The van der Waals surface area contributed by atoms with E-state index in [2.05, 4.69) is 23.3 Å². The molecule has 0 saturated heterocycles. The summed E-state index contributed by atoms with van der Waals surface area (Å²) in [6.07, 6.45) is 5.75. The molecule has 0 radical (unpaired) electrons. The van der Waals surface area contributed by atoms with Gasteiger partial charge in [0.05, 0.1) is 0 Å². The zero-order valence-corrected chi connectivity index (χ0v) is 13.8. The highest BCUT2D eigenvalue weighted by atomic mass is 19.1. The number of carboxylic acids is 1. The Morgan fingerprint density at radius 1 is 1.33 bits per heavy atom. The second-order valence-electron chi connectivity index (χ2n) is 5.55. The molecule has 0 spiro atoms. The number of aliphatic carboxylic acids is 1. The number of rotatable bonds is 7. The number of nitrogens with one attached hydrogen (secondary N) is 1. The number of nitrogens with zero attached hydrogens (tertiary/aromatic N) is 1. The number of anilines is 1. The molecule has 0 saturated carbocycles. The Labute approximate surface area is 141 Å². The number of carbonyl (C=O) groups is 1. The maximum absolute atomic E-state index is 13.4. The van der Waals surface area contributed by atoms with Gasteiger partial charge in [-0.05, 0) is 54.3 Å². The van der Waals surface area contributed by atoms with Crippen LogP contribution in [-0.2, 0) is 4.79 Å². The Kier molecular flexibility index (Phi) is 6.07. The fourth-order valence-corrected chi connectivity index (χ4v) is 2.43. The van der Waals surface area contributed by atoms with E-state index in [1.807, 2.05) is 13.0 Å². The number of hydrogen-bond acceptors (Lipinski definition) is 3. The third-order valence-electron chi connectivity index (χ3n) is 3.61.